The van der Waals surface area contributed by atoms with Gasteiger partial charge in [0.25, 0.3) is 0 Å². The summed E-state index contributed by atoms with van der Waals surface area (Å²) in [5, 5.41) is 2.56. The first-order valence-electron chi connectivity index (χ1n) is 15.3. The molecular weight excluding hydrogens is 576 g/mol. The molecule has 2 aromatic carbocycles. The van der Waals surface area contributed by atoms with Crippen molar-refractivity contribution >= 4 is 45.0 Å². The number of fused-ring (bicyclic) bond motifs is 4. The van der Waals surface area contributed by atoms with Gasteiger partial charge in [-0.25, -0.2) is 4.79 Å². The summed E-state index contributed by atoms with van der Waals surface area (Å²) in [6.45, 7) is 10.4. The van der Waals surface area contributed by atoms with Crippen molar-refractivity contribution in [1.29, 1.82) is 0 Å². The van der Waals surface area contributed by atoms with E-state index >= 15 is 0 Å². The van der Waals surface area contributed by atoms with Crippen molar-refractivity contribution in [1.82, 2.24) is 0 Å². The second-order valence-corrected chi connectivity index (χ2v) is 12.5. The van der Waals surface area contributed by atoms with Gasteiger partial charge in [-0.2, -0.15) is 0 Å². The molecule has 0 saturated heterocycles. The number of hydrogen-bond acceptors (Lipinski definition) is 9. The van der Waals surface area contributed by atoms with Crippen LogP contribution in [0.3, 0.4) is 0 Å². The second-order valence-electron chi connectivity index (χ2n) is 12.5. The summed E-state index contributed by atoms with van der Waals surface area (Å²) in [5.41, 5.74) is 2.08. The van der Waals surface area contributed by atoms with Gasteiger partial charge in [0.05, 0.1) is 57.5 Å². The van der Waals surface area contributed by atoms with Crippen LogP contribution >= 0.6 is 0 Å². The lowest BCUT2D eigenvalue weighted by atomic mass is 9.88. The topological polar surface area (TPSA) is 110 Å². The Morgan fingerprint density at radius 3 is 2.20 bits per heavy atom. The fourth-order valence-corrected chi connectivity index (χ4v) is 5.42. The van der Waals surface area contributed by atoms with E-state index in [0.717, 1.165) is 40.1 Å². The highest BCUT2D eigenvalue weighted by molar-refractivity contribution is 6.00. The van der Waals surface area contributed by atoms with E-state index in [-0.39, 0.29) is 29.8 Å². The van der Waals surface area contributed by atoms with E-state index in [1.54, 1.807) is 18.6 Å². The third-order valence-corrected chi connectivity index (χ3v) is 8.77. The standard InChI is InChI=1S/C36H38O9/c1-5-35(3,19-39-18-27-30-25(12-14-41-30)16-23-8-7-9-28(37)44-31(23)27)20-40-21-36(4,6-2)22-43-34-32-26(13-15-42-32)17-24-10-11-29(38)45-33(24)34/h7-8,10-17H,5-6,9,18-22H2,1-4H3. The monoisotopic (exact) mass is 614 g/mol. The van der Waals surface area contributed by atoms with Crippen LogP contribution in [0.15, 0.2) is 73.0 Å². The van der Waals surface area contributed by atoms with Crippen LogP contribution in [0.4, 0.5) is 0 Å². The molecule has 45 heavy (non-hydrogen) atoms. The number of esters is 1. The number of benzene rings is 2. The van der Waals surface area contributed by atoms with Crippen LogP contribution in [0.5, 0.6) is 11.5 Å². The fourth-order valence-electron chi connectivity index (χ4n) is 5.42. The van der Waals surface area contributed by atoms with Crippen LogP contribution in [0, 0.1) is 10.8 Å². The van der Waals surface area contributed by atoms with Gasteiger partial charge in [0.15, 0.2) is 11.2 Å². The molecular formula is C36H38O9. The Balaban J connectivity index is 1.10. The summed E-state index contributed by atoms with van der Waals surface area (Å²) in [7, 11) is 0. The maximum atomic E-state index is 12.2. The van der Waals surface area contributed by atoms with E-state index < -0.39 is 5.63 Å². The predicted molar refractivity (Wildman–Crippen MR) is 171 cm³/mol. The minimum absolute atomic E-state index is 0.217. The quantitative estimate of drug-likeness (QED) is 0.0739. The highest BCUT2D eigenvalue weighted by atomic mass is 16.5. The first-order chi connectivity index (χ1) is 21.7. The van der Waals surface area contributed by atoms with E-state index in [2.05, 4.69) is 27.7 Å². The Hall–Kier alpha value is -4.34. The maximum Gasteiger partial charge on any atom is 0.336 e. The lowest BCUT2D eigenvalue weighted by molar-refractivity contribution is -0.133. The SMILES string of the molecule is CCC(C)(COCc1c2c(cc3ccoc13)C=CCC(=O)O2)COCC(C)(CC)COc1c2occc2cc2ccc(=O)oc12. The summed E-state index contributed by atoms with van der Waals surface area (Å²) in [4.78, 5) is 24.2. The molecule has 0 aliphatic carbocycles. The van der Waals surface area contributed by atoms with Gasteiger partial charge in [0.2, 0.25) is 5.75 Å². The van der Waals surface area contributed by atoms with Crippen LogP contribution in [-0.4, -0.2) is 32.4 Å². The average Bonchev–Trinajstić information content (AvgIpc) is 3.66. The molecule has 0 radical (unpaired) electrons. The van der Waals surface area contributed by atoms with Crippen molar-refractivity contribution in [2.45, 2.75) is 53.6 Å². The smallest absolute Gasteiger partial charge is 0.336 e. The first-order valence-corrected chi connectivity index (χ1v) is 15.3. The second kappa shape index (κ2) is 12.6. The van der Waals surface area contributed by atoms with Crippen LogP contribution in [-0.2, 0) is 20.9 Å². The number of rotatable bonds is 13. The normalized spacial score (nSPS) is 16.0. The van der Waals surface area contributed by atoms with Gasteiger partial charge in [0.1, 0.15) is 11.3 Å². The van der Waals surface area contributed by atoms with Gasteiger partial charge in [-0.3, -0.25) is 4.79 Å². The van der Waals surface area contributed by atoms with Crippen LogP contribution in [0.2, 0.25) is 0 Å². The molecule has 0 amide bonds. The van der Waals surface area contributed by atoms with Crippen LogP contribution in [0.1, 0.15) is 58.1 Å². The highest BCUT2D eigenvalue weighted by Gasteiger charge is 2.30. The third kappa shape index (κ3) is 6.41. The molecule has 5 aromatic rings. The zero-order chi connectivity index (χ0) is 31.6. The summed E-state index contributed by atoms with van der Waals surface area (Å²) in [5.74, 6) is 0.592. The van der Waals surface area contributed by atoms with Crippen molar-refractivity contribution in [2.75, 3.05) is 26.4 Å². The largest absolute Gasteiger partial charge is 0.486 e. The Morgan fingerprint density at radius 1 is 0.778 bits per heavy atom. The van der Waals surface area contributed by atoms with Crippen LogP contribution in [0.25, 0.3) is 39.0 Å². The zero-order valence-electron chi connectivity index (χ0n) is 26.1. The molecule has 236 valence electrons. The number of furan rings is 2. The summed E-state index contributed by atoms with van der Waals surface area (Å²) in [6.07, 6.45) is 8.79. The molecule has 4 heterocycles. The van der Waals surface area contributed by atoms with E-state index in [1.165, 1.54) is 6.07 Å². The molecule has 9 nitrogen and oxygen atoms in total. The van der Waals surface area contributed by atoms with E-state index in [1.807, 2.05) is 36.4 Å². The molecule has 2 atom stereocenters. The Labute approximate surface area is 260 Å². The molecule has 0 spiro atoms. The maximum absolute atomic E-state index is 12.2. The summed E-state index contributed by atoms with van der Waals surface area (Å²) >= 11 is 0. The van der Waals surface area contributed by atoms with E-state index in [4.69, 9.17) is 32.2 Å². The first kappa shape index (κ1) is 30.7. The van der Waals surface area contributed by atoms with Crippen molar-refractivity contribution in [3.8, 4) is 11.5 Å². The summed E-state index contributed by atoms with van der Waals surface area (Å²) in [6, 6.07) is 10.7. The Kier molecular flexibility index (Phi) is 8.57. The third-order valence-electron chi connectivity index (χ3n) is 8.77. The van der Waals surface area contributed by atoms with Crippen LogP contribution < -0.4 is 15.1 Å². The molecule has 0 bridgehead atoms. The van der Waals surface area contributed by atoms with Gasteiger partial charge in [-0.1, -0.05) is 39.8 Å². The lowest BCUT2D eigenvalue weighted by Crippen LogP contribution is -2.34. The fraction of sp³-hybridized carbons (Fsp3) is 0.389. The van der Waals surface area contributed by atoms with Crippen molar-refractivity contribution in [2.24, 2.45) is 10.8 Å². The number of ether oxygens (including phenoxy) is 4. The molecule has 1 aliphatic heterocycles. The van der Waals surface area contributed by atoms with E-state index in [9.17, 15) is 9.59 Å². The Morgan fingerprint density at radius 2 is 1.44 bits per heavy atom. The molecule has 3 aromatic heterocycles. The van der Waals surface area contributed by atoms with Crippen molar-refractivity contribution < 1.29 is 37.0 Å². The minimum Gasteiger partial charge on any atom is -0.486 e. The van der Waals surface area contributed by atoms with Gasteiger partial charge in [-0.05, 0) is 43.2 Å². The van der Waals surface area contributed by atoms with Crippen molar-refractivity contribution in [3.05, 3.63) is 76.5 Å². The Bertz CT molecular complexity index is 1930. The zero-order valence-corrected chi connectivity index (χ0v) is 26.1. The summed E-state index contributed by atoms with van der Waals surface area (Å²) < 4.78 is 41.6. The molecule has 0 N–H and O–H groups in total. The number of hydrogen-bond donors (Lipinski definition) is 0. The molecule has 6 rings (SSSR count). The molecule has 0 fully saturated rings. The highest BCUT2D eigenvalue weighted by Crippen LogP contribution is 2.38. The molecule has 1 aliphatic rings. The lowest BCUT2D eigenvalue weighted by Gasteiger charge is -2.32. The predicted octanol–water partition coefficient (Wildman–Crippen LogP) is 8.05. The van der Waals surface area contributed by atoms with Gasteiger partial charge < -0.3 is 32.2 Å². The number of carbonyl (C=O) groups is 1. The molecule has 9 heteroatoms. The average molecular weight is 615 g/mol. The number of carbonyl (C=O) groups excluding carboxylic acids is 1. The minimum atomic E-state index is -0.449. The molecule has 0 saturated carbocycles. The van der Waals surface area contributed by atoms with Gasteiger partial charge >= 0.3 is 11.6 Å². The molecule has 2 unspecified atom stereocenters. The van der Waals surface area contributed by atoms with Gasteiger partial charge in [0, 0.05) is 38.6 Å². The van der Waals surface area contributed by atoms with E-state index in [0.29, 0.717) is 54.7 Å². The van der Waals surface area contributed by atoms with Gasteiger partial charge in [-0.15, -0.1) is 0 Å². The van der Waals surface area contributed by atoms with Crippen molar-refractivity contribution in [3.63, 3.8) is 0 Å².